The highest BCUT2D eigenvalue weighted by atomic mass is 32.2. The Kier molecular flexibility index (Phi) is 7.32. The third-order valence-electron chi connectivity index (χ3n) is 8.25. The number of amides is 3. The van der Waals surface area contributed by atoms with Crippen molar-refractivity contribution in [3.05, 3.63) is 35.4 Å². The number of hydrogen-bond acceptors (Lipinski definition) is 7. The van der Waals surface area contributed by atoms with E-state index in [0.717, 1.165) is 41.8 Å². The molecular weight excluding hydrogens is 536 g/mol. The number of benzene rings is 1. The lowest BCUT2D eigenvalue weighted by Crippen LogP contribution is -2.45. The predicted octanol–water partition coefficient (Wildman–Crippen LogP) is 4.51. The zero-order chi connectivity index (χ0) is 28.8. The van der Waals surface area contributed by atoms with Gasteiger partial charge in [0.1, 0.15) is 17.3 Å². The van der Waals surface area contributed by atoms with E-state index in [1.54, 1.807) is 18.2 Å². The fourth-order valence-electron chi connectivity index (χ4n) is 5.65. The average molecular weight is 573 g/mol. The number of nitrogens with one attached hydrogen (secondary N) is 1. The molecule has 11 nitrogen and oxygen atoms in total. The number of aromatic nitrogens is 1. The summed E-state index contributed by atoms with van der Waals surface area (Å²) in [5, 5.41) is 23.1. The second-order valence-corrected chi connectivity index (χ2v) is 13.7. The molecule has 3 heterocycles. The van der Waals surface area contributed by atoms with Crippen molar-refractivity contribution in [2.24, 2.45) is 17.3 Å². The van der Waals surface area contributed by atoms with Crippen LogP contribution < -0.4 is 10.1 Å². The molecule has 12 heteroatoms. The van der Waals surface area contributed by atoms with Crippen molar-refractivity contribution >= 4 is 28.0 Å². The number of anilines is 1. The molecule has 1 unspecified atom stereocenters. The van der Waals surface area contributed by atoms with Gasteiger partial charge in [-0.1, -0.05) is 19.9 Å². The van der Waals surface area contributed by atoms with Crippen LogP contribution in [-0.2, 0) is 23.0 Å². The number of carbonyl (C=O) groups excluding carboxylic acids is 1. The molecule has 1 saturated carbocycles. The molecule has 0 spiro atoms. The molecule has 1 aromatic heterocycles. The molecule has 5 rings (SSSR count). The molecule has 40 heavy (non-hydrogen) atoms. The zero-order valence-corrected chi connectivity index (χ0v) is 23.8. The van der Waals surface area contributed by atoms with E-state index in [-0.39, 0.29) is 29.4 Å². The third kappa shape index (κ3) is 5.81. The van der Waals surface area contributed by atoms with Crippen molar-refractivity contribution in [2.45, 2.75) is 52.5 Å². The largest absolute Gasteiger partial charge is 0.507 e. The van der Waals surface area contributed by atoms with Gasteiger partial charge in [-0.2, -0.15) is 0 Å². The number of pyridine rings is 1. The van der Waals surface area contributed by atoms with E-state index >= 15 is 0 Å². The van der Waals surface area contributed by atoms with Gasteiger partial charge < -0.3 is 19.8 Å². The first-order valence-electron chi connectivity index (χ1n) is 13.6. The number of carboxylic acid groups (broad SMARTS) is 1. The lowest BCUT2D eigenvalue weighted by Gasteiger charge is -2.41. The molecule has 2 fully saturated rings. The van der Waals surface area contributed by atoms with Gasteiger partial charge in [0.25, 0.3) is 0 Å². The highest BCUT2D eigenvalue weighted by Crippen LogP contribution is 2.43. The second-order valence-electron chi connectivity index (χ2n) is 11.8. The minimum atomic E-state index is -3.84. The maximum absolute atomic E-state index is 12.8. The molecule has 1 saturated heterocycles. The Morgan fingerprint density at radius 1 is 1.25 bits per heavy atom. The van der Waals surface area contributed by atoms with Crippen LogP contribution in [-0.4, -0.2) is 70.9 Å². The number of phenols is 1. The standard InChI is InChI=1S/C28H36N4O7S/c1-28(2,19-6-5-11-31(14-19)27(35)36)13-18-12-21(24-22(33)7-4-8-23(24)39-16-17-9-10-17)29-25-20(18)15-32(26(34)30-25)40(3,37)38/h4,7-8,12,17,19,33H,5-6,9-11,13-16H2,1-3H3,(H,35,36)(H,29,30,34). The molecule has 3 amide bonds. The molecule has 3 N–H and O–H groups in total. The number of carbonyl (C=O) groups is 2. The zero-order valence-electron chi connectivity index (χ0n) is 23.0. The van der Waals surface area contributed by atoms with Gasteiger partial charge in [-0.05, 0) is 73.1 Å². The number of phenolic OH excluding ortho intramolecular Hbond substituents is 1. The molecule has 1 aliphatic carbocycles. The van der Waals surface area contributed by atoms with Gasteiger partial charge in [0.15, 0.2) is 0 Å². The van der Waals surface area contributed by atoms with E-state index in [0.29, 0.717) is 54.6 Å². The van der Waals surface area contributed by atoms with Crippen molar-refractivity contribution in [1.29, 1.82) is 0 Å². The highest BCUT2D eigenvalue weighted by molar-refractivity contribution is 7.88. The number of fused-ring (bicyclic) bond motifs is 1. The number of urea groups is 1. The van der Waals surface area contributed by atoms with E-state index in [4.69, 9.17) is 4.74 Å². The molecular formula is C28H36N4O7S. The molecule has 3 aliphatic rings. The Morgan fingerprint density at radius 2 is 2.00 bits per heavy atom. The number of hydrogen-bond donors (Lipinski definition) is 3. The number of nitrogens with zero attached hydrogens (tertiary/aromatic N) is 3. The molecule has 0 bridgehead atoms. The van der Waals surface area contributed by atoms with E-state index in [9.17, 15) is 28.2 Å². The maximum atomic E-state index is 12.8. The van der Waals surface area contributed by atoms with Gasteiger partial charge in [-0.3, -0.25) is 5.32 Å². The third-order valence-corrected chi connectivity index (χ3v) is 9.34. The van der Waals surface area contributed by atoms with Crippen molar-refractivity contribution < 1.29 is 33.0 Å². The summed E-state index contributed by atoms with van der Waals surface area (Å²) >= 11 is 0. The van der Waals surface area contributed by atoms with Crippen LogP contribution in [0.5, 0.6) is 11.5 Å². The van der Waals surface area contributed by atoms with E-state index < -0.39 is 22.1 Å². The van der Waals surface area contributed by atoms with Gasteiger partial charge in [0, 0.05) is 18.7 Å². The minimum Gasteiger partial charge on any atom is -0.507 e. The van der Waals surface area contributed by atoms with Crippen LogP contribution in [0.2, 0.25) is 0 Å². The summed E-state index contributed by atoms with van der Waals surface area (Å²) in [4.78, 5) is 30.6. The Hall–Kier alpha value is -3.54. The number of piperidine rings is 1. The number of sulfonamides is 1. The first-order chi connectivity index (χ1) is 18.8. The van der Waals surface area contributed by atoms with Crippen molar-refractivity contribution in [3.63, 3.8) is 0 Å². The minimum absolute atomic E-state index is 0.0183. The van der Waals surface area contributed by atoms with Crippen LogP contribution >= 0.6 is 0 Å². The van der Waals surface area contributed by atoms with Gasteiger partial charge in [-0.25, -0.2) is 27.3 Å². The van der Waals surface area contributed by atoms with Gasteiger partial charge in [-0.15, -0.1) is 0 Å². The molecule has 2 aromatic rings. The van der Waals surface area contributed by atoms with Crippen LogP contribution in [0.3, 0.4) is 0 Å². The van der Waals surface area contributed by atoms with Crippen LogP contribution in [0.1, 0.15) is 50.7 Å². The molecule has 2 aliphatic heterocycles. The highest BCUT2D eigenvalue weighted by Gasteiger charge is 2.38. The fourth-order valence-corrected chi connectivity index (χ4v) is 6.36. The number of ether oxygens (including phenoxy) is 1. The van der Waals surface area contributed by atoms with Crippen molar-refractivity contribution in [2.75, 3.05) is 31.3 Å². The Labute approximate surface area is 234 Å². The predicted molar refractivity (Wildman–Crippen MR) is 149 cm³/mol. The van der Waals surface area contributed by atoms with Crippen LogP contribution in [0.25, 0.3) is 11.3 Å². The summed E-state index contributed by atoms with van der Waals surface area (Å²) < 4.78 is 31.6. The second kappa shape index (κ2) is 10.5. The summed E-state index contributed by atoms with van der Waals surface area (Å²) in [7, 11) is -3.84. The lowest BCUT2D eigenvalue weighted by atomic mass is 9.70. The Morgan fingerprint density at radius 3 is 2.67 bits per heavy atom. The van der Waals surface area contributed by atoms with Crippen LogP contribution in [0, 0.1) is 17.3 Å². The molecule has 0 radical (unpaired) electrons. The smallest absolute Gasteiger partial charge is 0.407 e. The molecule has 1 aromatic carbocycles. The summed E-state index contributed by atoms with van der Waals surface area (Å²) in [6.45, 7) is 5.43. The summed E-state index contributed by atoms with van der Waals surface area (Å²) in [5.74, 6) is 1.26. The fraction of sp³-hybridized carbons (Fsp3) is 0.536. The van der Waals surface area contributed by atoms with E-state index in [1.807, 2.05) is 6.07 Å². The average Bonchev–Trinajstić information content (AvgIpc) is 3.71. The van der Waals surface area contributed by atoms with E-state index in [2.05, 4.69) is 24.1 Å². The molecule has 216 valence electrons. The lowest BCUT2D eigenvalue weighted by molar-refractivity contribution is 0.0787. The SMILES string of the molecule is CC(C)(Cc1cc(-c2c(O)cccc2OCC2CC2)nc2c1CN(S(C)(=O)=O)C(=O)N2)C1CCCN(C(=O)O)C1. The number of likely N-dealkylation sites (tertiary alicyclic amines) is 1. The summed E-state index contributed by atoms with van der Waals surface area (Å²) in [5.41, 5.74) is 1.77. The summed E-state index contributed by atoms with van der Waals surface area (Å²) in [6, 6.07) is 6.06. The molecule has 1 atom stereocenters. The van der Waals surface area contributed by atoms with Gasteiger partial charge in [0.05, 0.1) is 30.7 Å². The van der Waals surface area contributed by atoms with Gasteiger partial charge in [0.2, 0.25) is 10.0 Å². The van der Waals surface area contributed by atoms with Gasteiger partial charge >= 0.3 is 12.1 Å². The Balaban J connectivity index is 1.57. The quantitative estimate of drug-likeness (QED) is 0.418. The Bertz CT molecular complexity index is 1440. The topological polar surface area (TPSA) is 149 Å². The first kappa shape index (κ1) is 28.0. The van der Waals surface area contributed by atoms with Crippen molar-refractivity contribution in [3.8, 4) is 22.8 Å². The van der Waals surface area contributed by atoms with Crippen molar-refractivity contribution in [1.82, 2.24) is 14.2 Å². The normalized spacial score (nSPS) is 19.7. The van der Waals surface area contributed by atoms with E-state index in [1.165, 1.54) is 4.90 Å². The van der Waals surface area contributed by atoms with Crippen LogP contribution in [0.4, 0.5) is 15.4 Å². The monoisotopic (exact) mass is 572 g/mol. The first-order valence-corrected chi connectivity index (χ1v) is 15.4. The summed E-state index contributed by atoms with van der Waals surface area (Å²) in [6.07, 6.45) is 4.36. The number of rotatable bonds is 8. The van der Waals surface area contributed by atoms with Crippen LogP contribution in [0.15, 0.2) is 24.3 Å². The number of aromatic hydroxyl groups is 1. The maximum Gasteiger partial charge on any atom is 0.407 e.